The molecule has 1 fully saturated rings. The summed E-state index contributed by atoms with van der Waals surface area (Å²) in [6.07, 6.45) is 9.21. The minimum atomic E-state index is -0.387. The molecular weight excluding hydrogens is 296 g/mol. The molecule has 0 N–H and O–H groups in total. The van der Waals surface area contributed by atoms with Gasteiger partial charge in [-0.25, -0.2) is 9.90 Å². The highest BCUT2D eigenvalue weighted by Crippen LogP contribution is 2.18. The molecule has 1 amide bonds. The van der Waals surface area contributed by atoms with Crippen molar-refractivity contribution in [2.75, 3.05) is 13.2 Å². The lowest BCUT2D eigenvalue weighted by Crippen LogP contribution is -2.38. The smallest absolute Gasteiger partial charge is 0.235 e. The summed E-state index contributed by atoms with van der Waals surface area (Å²) in [4.78, 5) is 29.5. The number of carbonyl (C=O) groups is 2. The Morgan fingerprint density at radius 3 is 2.83 bits per heavy atom. The van der Waals surface area contributed by atoms with Crippen molar-refractivity contribution in [2.24, 2.45) is 5.92 Å². The molecule has 2 heterocycles. The normalized spacial score (nSPS) is 19.3. The van der Waals surface area contributed by atoms with Crippen LogP contribution in [0.2, 0.25) is 0 Å². The van der Waals surface area contributed by atoms with Crippen molar-refractivity contribution in [1.29, 1.82) is 0 Å². The number of carbonyl (C=O) groups excluding carboxylic acids is 2. The fraction of sp³-hybridized carbons (Fsp3) is 0.647. The summed E-state index contributed by atoms with van der Waals surface area (Å²) in [5, 5.41) is 1.22. The van der Waals surface area contributed by atoms with Gasteiger partial charge in [-0.2, -0.15) is 0 Å². The van der Waals surface area contributed by atoms with Crippen molar-refractivity contribution < 1.29 is 19.2 Å². The number of hydroxylamine groups is 2. The first-order valence-corrected chi connectivity index (χ1v) is 8.42. The van der Waals surface area contributed by atoms with Gasteiger partial charge in [-0.3, -0.25) is 14.2 Å². The molecule has 0 aliphatic carbocycles. The summed E-state index contributed by atoms with van der Waals surface area (Å²) in [5.74, 6) is -0.292. The topological polar surface area (TPSA) is 60.8 Å². The van der Waals surface area contributed by atoms with Crippen LogP contribution in [0.25, 0.3) is 0 Å². The monoisotopic (exact) mass is 322 g/mol. The quantitative estimate of drug-likeness (QED) is 0.518. The standard InChI is InChI=1S/C17H26N2O4/c1-2-3-8-15(17(21)18-10-5-6-11-18)13-19(14-20)23-16-9-4-7-12-22-16/h5-6,10-11,14-16H,2-4,7-9,12-13H2,1H3. The van der Waals surface area contributed by atoms with E-state index in [0.29, 0.717) is 13.0 Å². The van der Waals surface area contributed by atoms with E-state index < -0.39 is 0 Å². The van der Waals surface area contributed by atoms with Crippen molar-refractivity contribution in [3.63, 3.8) is 0 Å². The van der Waals surface area contributed by atoms with Crippen molar-refractivity contribution in [2.45, 2.75) is 51.7 Å². The Morgan fingerprint density at radius 1 is 1.43 bits per heavy atom. The largest absolute Gasteiger partial charge is 0.350 e. The lowest BCUT2D eigenvalue weighted by molar-refractivity contribution is -0.275. The third-order valence-corrected chi connectivity index (χ3v) is 4.02. The molecule has 0 aromatic carbocycles. The fourth-order valence-electron chi connectivity index (χ4n) is 2.71. The number of ether oxygens (including phenoxy) is 1. The first kappa shape index (κ1) is 17.7. The van der Waals surface area contributed by atoms with Crippen LogP contribution >= 0.6 is 0 Å². The van der Waals surface area contributed by atoms with E-state index in [1.165, 1.54) is 5.06 Å². The van der Waals surface area contributed by atoms with Gasteiger partial charge in [0, 0.05) is 25.4 Å². The second kappa shape index (κ2) is 9.47. The van der Waals surface area contributed by atoms with Crippen LogP contribution in [0.4, 0.5) is 0 Å². The van der Waals surface area contributed by atoms with Gasteiger partial charge in [-0.1, -0.05) is 19.8 Å². The second-order valence-corrected chi connectivity index (χ2v) is 5.87. The van der Waals surface area contributed by atoms with Crippen LogP contribution in [0.5, 0.6) is 0 Å². The number of unbranched alkanes of at least 4 members (excludes halogenated alkanes) is 1. The molecule has 2 unspecified atom stereocenters. The van der Waals surface area contributed by atoms with E-state index in [0.717, 1.165) is 38.5 Å². The SMILES string of the molecule is CCCCC(CN(C=O)OC1CCCCO1)C(=O)n1cccc1. The Kier molecular flexibility index (Phi) is 7.29. The highest BCUT2D eigenvalue weighted by molar-refractivity contribution is 5.81. The molecule has 0 bridgehead atoms. The van der Waals surface area contributed by atoms with Crippen LogP contribution < -0.4 is 0 Å². The minimum absolute atomic E-state index is 0.0107. The average molecular weight is 322 g/mol. The molecule has 1 aromatic rings. The molecule has 1 saturated heterocycles. The van der Waals surface area contributed by atoms with Gasteiger partial charge in [-0.15, -0.1) is 0 Å². The molecule has 0 radical (unpaired) electrons. The second-order valence-electron chi connectivity index (χ2n) is 5.87. The van der Waals surface area contributed by atoms with E-state index in [9.17, 15) is 9.59 Å². The van der Waals surface area contributed by atoms with Gasteiger partial charge in [0.25, 0.3) is 0 Å². The molecular formula is C17H26N2O4. The molecule has 2 rings (SSSR count). The Balaban J connectivity index is 1.96. The third kappa shape index (κ3) is 5.48. The lowest BCUT2D eigenvalue weighted by atomic mass is 10.0. The Hall–Kier alpha value is -1.66. The number of hydrogen-bond acceptors (Lipinski definition) is 4. The van der Waals surface area contributed by atoms with E-state index in [2.05, 4.69) is 6.92 Å². The van der Waals surface area contributed by atoms with Crippen LogP contribution in [-0.2, 0) is 14.4 Å². The van der Waals surface area contributed by atoms with Crippen molar-refractivity contribution in [3.8, 4) is 0 Å². The zero-order valence-electron chi connectivity index (χ0n) is 13.7. The molecule has 0 saturated carbocycles. The molecule has 1 aliphatic rings. The van der Waals surface area contributed by atoms with Crippen LogP contribution in [0, 0.1) is 5.92 Å². The van der Waals surface area contributed by atoms with Crippen LogP contribution in [0.15, 0.2) is 24.5 Å². The molecule has 2 atom stereocenters. The number of rotatable bonds is 9. The van der Waals surface area contributed by atoms with E-state index in [-0.39, 0.29) is 24.7 Å². The molecule has 0 spiro atoms. The van der Waals surface area contributed by atoms with E-state index >= 15 is 0 Å². The fourth-order valence-corrected chi connectivity index (χ4v) is 2.71. The van der Waals surface area contributed by atoms with E-state index in [1.807, 2.05) is 12.1 Å². The Bertz CT molecular complexity index is 469. The van der Waals surface area contributed by atoms with Crippen molar-refractivity contribution in [3.05, 3.63) is 24.5 Å². The minimum Gasteiger partial charge on any atom is -0.350 e. The van der Waals surface area contributed by atoms with Gasteiger partial charge in [0.05, 0.1) is 12.5 Å². The lowest BCUT2D eigenvalue weighted by Gasteiger charge is -2.29. The predicted octanol–water partition coefficient (Wildman–Crippen LogP) is 2.85. The van der Waals surface area contributed by atoms with Crippen LogP contribution in [0.1, 0.15) is 50.2 Å². The summed E-state index contributed by atoms with van der Waals surface area (Å²) in [7, 11) is 0. The van der Waals surface area contributed by atoms with Crippen LogP contribution in [-0.4, -0.2) is 41.4 Å². The zero-order valence-corrected chi connectivity index (χ0v) is 13.7. The molecule has 23 heavy (non-hydrogen) atoms. The highest BCUT2D eigenvalue weighted by atomic mass is 16.8. The van der Waals surface area contributed by atoms with Gasteiger partial charge in [-0.05, 0) is 31.4 Å². The number of aromatic nitrogens is 1. The summed E-state index contributed by atoms with van der Waals surface area (Å²) < 4.78 is 7.06. The van der Waals surface area contributed by atoms with Gasteiger partial charge in [0.15, 0.2) is 6.29 Å². The molecule has 6 nitrogen and oxygen atoms in total. The Labute approximate surface area is 137 Å². The van der Waals surface area contributed by atoms with Gasteiger partial charge >= 0.3 is 0 Å². The summed E-state index contributed by atoms with van der Waals surface area (Å²) in [6, 6.07) is 3.64. The van der Waals surface area contributed by atoms with Crippen molar-refractivity contribution in [1.82, 2.24) is 9.63 Å². The van der Waals surface area contributed by atoms with E-state index in [4.69, 9.17) is 9.57 Å². The molecule has 6 heteroatoms. The number of amides is 1. The first-order chi connectivity index (χ1) is 11.2. The molecule has 1 aliphatic heterocycles. The maximum absolute atomic E-state index is 12.6. The van der Waals surface area contributed by atoms with Gasteiger partial charge in [0.1, 0.15) is 0 Å². The number of hydrogen-bond donors (Lipinski definition) is 0. The Morgan fingerprint density at radius 2 is 2.22 bits per heavy atom. The molecule has 1 aromatic heterocycles. The summed E-state index contributed by atoms with van der Waals surface area (Å²) in [5.41, 5.74) is 0. The van der Waals surface area contributed by atoms with Crippen LogP contribution in [0.3, 0.4) is 0 Å². The maximum atomic E-state index is 12.6. The number of nitrogens with zero attached hydrogens (tertiary/aromatic N) is 2. The molecule has 128 valence electrons. The third-order valence-electron chi connectivity index (χ3n) is 4.02. The van der Waals surface area contributed by atoms with Crippen molar-refractivity contribution >= 4 is 12.3 Å². The van der Waals surface area contributed by atoms with Gasteiger partial charge < -0.3 is 4.74 Å². The highest BCUT2D eigenvalue weighted by Gasteiger charge is 2.25. The maximum Gasteiger partial charge on any atom is 0.235 e. The summed E-state index contributed by atoms with van der Waals surface area (Å²) in [6.45, 7) is 2.99. The average Bonchev–Trinajstić information content (AvgIpc) is 3.12. The first-order valence-electron chi connectivity index (χ1n) is 8.42. The van der Waals surface area contributed by atoms with E-state index in [1.54, 1.807) is 17.0 Å². The predicted molar refractivity (Wildman–Crippen MR) is 85.5 cm³/mol. The zero-order chi connectivity index (χ0) is 16.5. The summed E-state index contributed by atoms with van der Waals surface area (Å²) >= 11 is 0. The van der Waals surface area contributed by atoms with Gasteiger partial charge in [0.2, 0.25) is 12.3 Å².